The Kier molecular flexibility index (Phi) is 4.92. The summed E-state index contributed by atoms with van der Waals surface area (Å²) in [6.07, 6.45) is 4.08. The molecule has 1 unspecified atom stereocenters. The summed E-state index contributed by atoms with van der Waals surface area (Å²) in [4.78, 5) is 26.7. The summed E-state index contributed by atoms with van der Waals surface area (Å²) in [6, 6.07) is -0.718. The van der Waals surface area contributed by atoms with Crippen LogP contribution in [0.1, 0.15) is 18.0 Å². The average molecular weight is 295 g/mol. The van der Waals surface area contributed by atoms with E-state index in [1.807, 2.05) is 4.90 Å². The Morgan fingerprint density at radius 1 is 1.38 bits per heavy atom. The molecule has 0 aliphatic carbocycles. The number of carboxylic acid groups (broad SMARTS) is 1. The normalized spacial score (nSPS) is 18.3. The number of aromatic nitrogens is 2. The van der Waals surface area contributed by atoms with Gasteiger partial charge in [-0.25, -0.2) is 0 Å². The third-order valence-electron chi connectivity index (χ3n) is 3.61. The van der Waals surface area contributed by atoms with Crippen LogP contribution in [0, 0.1) is 0 Å². The van der Waals surface area contributed by atoms with Gasteiger partial charge in [0.2, 0.25) is 5.91 Å². The van der Waals surface area contributed by atoms with Gasteiger partial charge in [-0.2, -0.15) is 5.10 Å². The van der Waals surface area contributed by atoms with Crippen LogP contribution in [0.4, 0.5) is 0 Å². The molecule has 0 bridgehead atoms. The minimum atomic E-state index is -0.846. The van der Waals surface area contributed by atoms with Gasteiger partial charge in [-0.3, -0.25) is 19.2 Å². The molecule has 1 aromatic heterocycles. The number of aliphatic carboxylic acids is 1. The smallest absolute Gasteiger partial charge is 0.317 e. The lowest BCUT2D eigenvalue weighted by molar-refractivity contribution is -0.138. The lowest BCUT2D eigenvalue weighted by Gasteiger charge is -2.23. The van der Waals surface area contributed by atoms with Crippen molar-refractivity contribution in [3.63, 3.8) is 0 Å². The molecule has 1 saturated heterocycles. The number of rotatable bonds is 4. The van der Waals surface area contributed by atoms with E-state index in [-0.39, 0.29) is 12.5 Å². The van der Waals surface area contributed by atoms with Crippen molar-refractivity contribution < 1.29 is 14.7 Å². The van der Waals surface area contributed by atoms with E-state index in [0.29, 0.717) is 31.7 Å². The van der Waals surface area contributed by atoms with Gasteiger partial charge in [0.15, 0.2) is 0 Å². The van der Waals surface area contributed by atoms with Gasteiger partial charge in [0.25, 0.3) is 0 Å². The predicted molar refractivity (Wildman–Crippen MR) is 75.4 cm³/mol. The third kappa shape index (κ3) is 4.02. The molecule has 0 aromatic carbocycles. The minimum absolute atomic E-state index is 0.0106. The van der Waals surface area contributed by atoms with Gasteiger partial charge in [-0.05, 0) is 6.42 Å². The van der Waals surface area contributed by atoms with Crippen molar-refractivity contribution in [2.45, 2.75) is 12.5 Å². The van der Waals surface area contributed by atoms with Crippen LogP contribution in [0.15, 0.2) is 12.4 Å². The monoisotopic (exact) mass is 295 g/mol. The summed E-state index contributed by atoms with van der Waals surface area (Å²) in [5.41, 5.74) is 6.69. The molecular weight excluding hydrogens is 274 g/mol. The van der Waals surface area contributed by atoms with Crippen LogP contribution in [0.2, 0.25) is 0 Å². The Morgan fingerprint density at radius 3 is 2.76 bits per heavy atom. The first-order chi connectivity index (χ1) is 9.97. The quantitative estimate of drug-likeness (QED) is 0.741. The highest BCUT2D eigenvalue weighted by Crippen LogP contribution is 2.14. The standard InChI is InChI=1S/C13H21N5O3/c1-16-8-10(7-15-16)12(14)13(21)18-4-2-3-17(5-6-18)9-11(19)20/h7-8,12H,2-6,9,14H2,1H3,(H,19,20). The molecule has 8 nitrogen and oxygen atoms in total. The molecule has 21 heavy (non-hydrogen) atoms. The lowest BCUT2D eigenvalue weighted by atomic mass is 10.1. The van der Waals surface area contributed by atoms with E-state index in [2.05, 4.69) is 5.10 Å². The van der Waals surface area contributed by atoms with Crippen LogP contribution in [-0.4, -0.2) is 69.3 Å². The molecule has 0 spiro atoms. The van der Waals surface area contributed by atoms with E-state index < -0.39 is 12.0 Å². The fraction of sp³-hybridized carbons (Fsp3) is 0.615. The maximum Gasteiger partial charge on any atom is 0.317 e. The average Bonchev–Trinajstić information content (AvgIpc) is 2.73. The number of hydrogen-bond acceptors (Lipinski definition) is 5. The Labute approximate surface area is 123 Å². The van der Waals surface area contributed by atoms with Crippen molar-refractivity contribution >= 4 is 11.9 Å². The maximum atomic E-state index is 12.4. The molecule has 0 radical (unpaired) electrons. The van der Waals surface area contributed by atoms with Gasteiger partial charge in [0.1, 0.15) is 6.04 Å². The van der Waals surface area contributed by atoms with E-state index in [1.165, 1.54) is 0 Å². The van der Waals surface area contributed by atoms with Crippen molar-refractivity contribution in [2.75, 3.05) is 32.7 Å². The lowest BCUT2D eigenvalue weighted by Crippen LogP contribution is -2.41. The highest BCUT2D eigenvalue weighted by atomic mass is 16.4. The zero-order valence-electron chi connectivity index (χ0n) is 12.1. The second kappa shape index (κ2) is 6.68. The second-order valence-corrected chi connectivity index (χ2v) is 5.27. The summed E-state index contributed by atoms with van der Waals surface area (Å²) < 4.78 is 1.61. The highest BCUT2D eigenvalue weighted by Gasteiger charge is 2.26. The number of carbonyl (C=O) groups is 2. The molecule has 1 aliphatic heterocycles. The number of hydrogen-bond donors (Lipinski definition) is 2. The van der Waals surface area contributed by atoms with Crippen molar-refractivity contribution in [1.29, 1.82) is 0 Å². The predicted octanol–water partition coefficient (Wildman–Crippen LogP) is -0.961. The van der Waals surface area contributed by atoms with Crippen LogP contribution in [0.3, 0.4) is 0 Å². The molecule has 1 amide bonds. The van der Waals surface area contributed by atoms with Crippen molar-refractivity contribution in [2.24, 2.45) is 12.8 Å². The molecule has 1 atom stereocenters. The topological polar surface area (TPSA) is 105 Å². The molecule has 1 fully saturated rings. The summed E-state index contributed by atoms with van der Waals surface area (Å²) in [5.74, 6) is -0.984. The molecule has 1 aliphatic rings. The zero-order chi connectivity index (χ0) is 15.4. The Hall–Kier alpha value is -1.93. The number of carboxylic acids is 1. The zero-order valence-corrected chi connectivity index (χ0v) is 12.1. The first kappa shape index (κ1) is 15.5. The highest BCUT2D eigenvalue weighted by molar-refractivity contribution is 5.83. The van der Waals surface area contributed by atoms with E-state index in [9.17, 15) is 9.59 Å². The Bertz CT molecular complexity index is 516. The Morgan fingerprint density at radius 2 is 2.14 bits per heavy atom. The molecule has 2 rings (SSSR count). The number of amides is 1. The summed E-state index contributed by atoms with van der Waals surface area (Å²) in [5, 5.41) is 12.8. The van der Waals surface area contributed by atoms with Gasteiger partial charge in [-0.15, -0.1) is 0 Å². The molecule has 8 heteroatoms. The number of nitrogens with zero attached hydrogens (tertiary/aromatic N) is 4. The van der Waals surface area contributed by atoms with Crippen LogP contribution in [0.5, 0.6) is 0 Å². The molecule has 116 valence electrons. The minimum Gasteiger partial charge on any atom is -0.480 e. The molecule has 0 saturated carbocycles. The third-order valence-corrected chi connectivity index (χ3v) is 3.61. The molecular formula is C13H21N5O3. The van der Waals surface area contributed by atoms with E-state index in [0.717, 1.165) is 6.42 Å². The molecule has 1 aromatic rings. The SMILES string of the molecule is Cn1cc(C(N)C(=O)N2CCCN(CC(=O)O)CC2)cn1. The van der Waals surface area contributed by atoms with Crippen LogP contribution >= 0.6 is 0 Å². The van der Waals surface area contributed by atoms with Gasteiger partial charge in [-0.1, -0.05) is 0 Å². The summed E-state index contributed by atoms with van der Waals surface area (Å²) in [6.45, 7) is 2.34. The summed E-state index contributed by atoms with van der Waals surface area (Å²) in [7, 11) is 1.77. The van der Waals surface area contributed by atoms with Crippen molar-refractivity contribution in [3.05, 3.63) is 18.0 Å². The van der Waals surface area contributed by atoms with Gasteiger partial charge < -0.3 is 15.7 Å². The van der Waals surface area contributed by atoms with Crippen LogP contribution < -0.4 is 5.73 Å². The van der Waals surface area contributed by atoms with Crippen LogP contribution in [0.25, 0.3) is 0 Å². The molecule has 3 N–H and O–H groups in total. The van der Waals surface area contributed by atoms with Crippen molar-refractivity contribution in [1.82, 2.24) is 19.6 Å². The van der Waals surface area contributed by atoms with E-state index in [4.69, 9.17) is 10.8 Å². The van der Waals surface area contributed by atoms with E-state index in [1.54, 1.807) is 29.0 Å². The second-order valence-electron chi connectivity index (χ2n) is 5.27. The fourth-order valence-electron chi connectivity index (χ4n) is 2.48. The maximum absolute atomic E-state index is 12.4. The van der Waals surface area contributed by atoms with Crippen LogP contribution in [-0.2, 0) is 16.6 Å². The number of carbonyl (C=O) groups excluding carboxylic acids is 1. The molecule has 2 heterocycles. The number of aryl methyl sites for hydroxylation is 1. The van der Waals surface area contributed by atoms with Gasteiger partial charge in [0.05, 0.1) is 12.7 Å². The fourth-order valence-corrected chi connectivity index (χ4v) is 2.48. The first-order valence-corrected chi connectivity index (χ1v) is 6.94. The van der Waals surface area contributed by atoms with Gasteiger partial charge in [0, 0.05) is 45.0 Å². The first-order valence-electron chi connectivity index (χ1n) is 6.94. The van der Waals surface area contributed by atoms with Gasteiger partial charge >= 0.3 is 5.97 Å². The summed E-state index contributed by atoms with van der Waals surface area (Å²) >= 11 is 0. The Balaban J connectivity index is 1.95. The van der Waals surface area contributed by atoms with E-state index >= 15 is 0 Å². The largest absolute Gasteiger partial charge is 0.480 e. The number of nitrogens with two attached hydrogens (primary N) is 1. The van der Waals surface area contributed by atoms with Crippen molar-refractivity contribution in [3.8, 4) is 0 Å².